The molecule has 0 aromatic heterocycles. The van der Waals surface area contributed by atoms with Crippen LogP contribution >= 0.6 is 0 Å². The average Bonchev–Trinajstić information content (AvgIpc) is 3.15. The Hall–Kier alpha value is -0.800. The Morgan fingerprint density at radius 1 is 0.250 bits per heavy atom. The van der Waals surface area contributed by atoms with Gasteiger partial charge in [0.25, 0.3) is 0 Å². The molecule has 0 radical (unpaired) electrons. The van der Waals surface area contributed by atoms with Crippen molar-refractivity contribution in [1.29, 1.82) is 0 Å². The van der Waals surface area contributed by atoms with Crippen LogP contribution in [0.5, 0.6) is 0 Å². The number of rotatable bonds is 48. The van der Waals surface area contributed by atoms with Crippen molar-refractivity contribution < 1.29 is 96.4 Å². The molecule has 0 bridgehead atoms. The van der Waals surface area contributed by atoms with Crippen LogP contribution in [0.4, 0.5) is 0 Å². The smallest absolute Gasteiger partial charge is 0.180 e. The summed E-state index contributed by atoms with van der Waals surface area (Å²) < 4.78 is 69.2. The molecule has 1 atom stereocenters. The Morgan fingerprint density at radius 3 is 0.788 bits per heavy atom. The summed E-state index contributed by atoms with van der Waals surface area (Å²) in [6.45, 7) is 10.3. The maximum atomic E-state index is 9.90. The monoisotopic (exact) mass is 770 g/mol. The van der Waals surface area contributed by atoms with Crippen LogP contribution in [-0.4, -0.2) is 226 Å². The summed E-state index contributed by atoms with van der Waals surface area (Å²) in [5.74, 6) is 0. The van der Waals surface area contributed by atoms with Crippen LogP contribution in [-0.2, 0) is 81.1 Å². The lowest BCUT2D eigenvalue weighted by Gasteiger charge is -2.12. The van der Waals surface area contributed by atoms with E-state index in [0.29, 0.717) is 159 Å². The molecule has 0 spiro atoms. The minimum absolute atomic E-state index is 0.0118. The van der Waals surface area contributed by atoms with E-state index >= 15 is 0 Å². The van der Waals surface area contributed by atoms with Crippen molar-refractivity contribution in [3.05, 3.63) is 0 Å². The second-order valence-corrected chi connectivity index (χ2v) is 9.98. The lowest BCUT2D eigenvalue weighted by atomic mass is 10.4. The molecule has 314 valence electrons. The number of hydrogen-bond donors (Lipinski definition) is 3. The van der Waals surface area contributed by atoms with Crippen molar-refractivity contribution >= 4 is 0 Å². The number of hydrogen-bond acceptors (Lipinski definition) is 20. The molecule has 20 heteroatoms. The summed E-state index contributed by atoms with van der Waals surface area (Å²) in [7, 11) is 0. The summed E-state index contributed by atoms with van der Waals surface area (Å²) >= 11 is 0. The Balaban J connectivity index is 3.12. The Labute approximate surface area is 307 Å². The molecule has 0 aromatic rings. The summed E-state index contributed by atoms with van der Waals surface area (Å²) in [5, 5.41) is 27.0. The zero-order chi connectivity index (χ0) is 37.5. The number of ether oxygens (including phenoxy) is 13. The fourth-order valence-electron chi connectivity index (χ4n) is 3.28. The van der Waals surface area contributed by atoms with E-state index in [2.05, 4.69) is 0 Å². The molecule has 52 heavy (non-hydrogen) atoms. The van der Waals surface area contributed by atoms with E-state index < -0.39 is 6.10 Å². The molecule has 0 aliphatic rings. The van der Waals surface area contributed by atoms with Crippen molar-refractivity contribution in [2.24, 2.45) is 0 Å². The lowest BCUT2D eigenvalue weighted by molar-refractivity contribution is -0.340. The average molecular weight is 771 g/mol. The fourth-order valence-corrected chi connectivity index (χ4v) is 3.28. The van der Waals surface area contributed by atoms with Gasteiger partial charge in [-0.3, -0.25) is 0 Å². The second-order valence-electron chi connectivity index (χ2n) is 9.98. The van der Waals surface area contributed by atoms with E-state index in [1.54, 1.807) is 0 Å². The highest BCUT2D eigenvalue weighted by Gasteiger charge is 2.05. The van der Waals surface area contributed by atoms with E-state index in [1.165, 1.54) is 0 Å². The summed E-state index contributed by atoms with van der Waals surface area (Å²) in [6, 6.07) is 0. The van der Waals surface area contributed by atoms with Crippen LogP contribution in [0.15, 0.2) is 0 Å². The van der Waals surface area contributed by atoms with Crippen LogP contribution in [0.1, 0.15) is 0 Å². The zero-order valence-corrected chi connectivity index (χ0v) is 30.8. The van der Waals surface area contributed by atoms with E-state index in [4.69, 9.17) is 91.3 Å². The lowest BCUT2D eigenvalue weighted by Crippen LogP contribution is -2.24. The Kier molecular flexibility index (Phi) is 47.5. The quantitative estimate of drug-likeness (QED) is 0.0275. The van der Waals surface area contributed by atoms with Gasteiger partial charge in [0.15, 0.2) is 6.79 Å². The second kappa shape index (κ2) is 48.2. The van der Waals surface area contributed by atoms with Gasteiger partial charge in [0.2, 0.25) is 0 Å². The molecule has 0 rings (SSSR count). The van der Waals surface area contributed by atoms with Crippen molar-refractivity contribution in [2.45, 2.75) is 6.10 Å². The first-order chi connectivity index (χ1) is 25.8. The topological polar surface area (TPSA) is 218 Å². The Bertz CT molecular complexity index is 629. The molecule has 3 N–H and O–H groups in total. The first-order valence-electron chi connectivity index (χ1n) is 17.7. The van der Waals surface area contributed by atoms with Gasteiger partial charge < -0.3 is 76.9 Å². The molecule has 0 aliphatic carbocycles. The first-order valence-corrected chi connectivity index (χ1v) is 17.7. The Morgan fingerprint density at radius 2 is 0.481 bits per heavy atom. The molecule has 0 aliphatic heterocycles. The third-order valence-corrected chi connectivity index (χ3v) is 5.67. The van der Waals surface area contributed by atoms with E-state index in [0.717, 1.165) is 0 Å². The van der Waals surface area contributed by atoms with Crippen molar-refractivity contribution in [3.8, 4) is 0 Å². The predicted molar refractivity (Wildman–Crippen MR) is 180 cm³/mol. The van der Waals surface area contributed by atoms with Gasteiger partial charge >= 0.3 is 0 Å². The van der Waals surface area contributed by atoms with Crippen molar-refractivity contribution in [1.82, 2.24) is 0 Å². The molecule has 0 heterocycles. The minimum Gasteiger partial charge on any atom is -0.394 e. The number of aliphatic hydroxyl groups excluding tert-OH is 3. The first kappa shape index (κ1) is 51.2. The predicted octanol–water partition coefficient (Wildman–Crippen LogP) is -1.60. The molecule has 20 nitrogen and oxygen atoms in total. The maximum absolute atomic E-state index is 9.90. The zero-order valence-electron chi connectivity index (χ0n) is 30.8. The third-order valence-electron chi connectivity index (χ3n) is 5.67. The van der Waals surface area contributed by atoms with Crippen LogP contribution in [0.25, 0.3) is 0 Å². The third kappa shape index (κ3) is 47.2. The summed E-state index contributed by atoms with van der Waals surface area (Å²) in [4.78, 5) is 19.6. The van der Waals surface area contributed by atoms with Gasteiger partial charge in [0, 0.05) is 0 Å². The van der Waals surface area contributed by atoms with Gasteiger partial charge in [-0.05, 0) is 0 Å². The standard InChI is InChI=1S/C32H66O20/c33-1-3-36-5-6-37-7-8-39-13-16-43-23-26-49-50-27-24-44-17-14-40-10-9-38-11-12-41-19-21-46-29-32(35)30-47-22-20-42-15-18-45-25-28-51-52-31-48-4-2-34/h32-35H,1-31H2. The van der Waals surface area contributed by atoms with Crippen molar-refractivity contribution in [3.63, 3.8) is 0 Å². The van der Waals surface area contributed by atoms with Crippen LogP contribution < -0.4 is 0 Å². The largest absolute Gasteiger partial charge is 0.394 e. The minimum atomic E-state index is -0.738. The number of aliphatic hydroxyl groups is 3. The van der Waals surface area contributed by atoms with Gasteiger partial charge in [0.05, 0.1) is 178 Å². The van der Waals surface area contributed by atoms with E-state index in [1.807, 2.05) is 0 Å². The molecular weight excluding hydrogens is 704 g/mol. The van der Waals surface area contributed by atoms with E-state index in [9.17, 15) is 5.11 Å². The fraction of sp³-hybridized carbons (Fsp3) is 1.00. The van der Waals surface area contributed by atoms with Crippen LogP contribution in [0, 0.1) is 0 Å². The molecule has 0 fully saturated rings. The molecule has 0 amide bonds. The van der Waals surface area contributed by atoms with Crippen LogP contribution in [0.3, 0.4) is 0 Å². The molecule has 0 aromatic carbocycles. The highest BCUT2D eigenvalue weighted by atomic mass is 17.2. The molecule has 1 unspecified atom stereocenters. The molecule has 0 saturated heterocycles. The normalized spacial score (nSPS) is 12.3. The van der Waals surface area contributed by atoms with Crippen LogP contribution in [0.2, 0.25) is 0 Å². The van der Waals surface area contributed by atoms with Gasteiger partial charge in [0.1, 0.15) is 25.9 Å². The maximum Gasteiger partial charge on any atom is 0.180 e. The highest BCUT2D eigenvalue weighted by Crippen LogP contribution is 1.91. The van der Waals surface area contributed by atoms with Gasteiger partial charge in [-0.25, -0.2) is 19.6 Å². The van der Waals surface area contributed by atoms with E-state index in [-0.39, 0.29) is 46.4 Å². The molecular formula is C32H66O20. The van der Waals surface area contributed by atoms with Gasteiger partial charge in [-0.2, -0.15) is 0 Å². The van der Waals surface area contributed by atoms with Crippen molar-refractivity contribution in [2.75, 3.05) is 205 Å². The molecule has 0 saturated carbocycles. The van der Waals surface area contributed by atoms with Gasteiger partial charge in [-0.1, -0.05) is 0 Å². The summed E-state index contributed by atoms with van der Waals surface area (Å²) in [5.41, 5.74) is 0. The van der Waals surface area contributed by atoms with Gasteiger partial charge in [-0.15, -0.1) is 0 Å². The SMILES string of the molecule is OCCOCCOCCOCCOCCOOCCOCCOCCOCCOCCOCC(O)COCCOCCOCCOOCOCCO. The summed E-state index contributed by atoms with van der Waals surface area (Å²) in [6.07, 6.45) is -0.738. The highest BCUT2D eigenvalue weighted by molar-refractivity contribution is 4.51.